The molecule has 0 bridgehead atoms. The summed E-state index contributed by atoms with van der Waals surface area (Å²) in [5, 5.41) is 0.496. The van der Waals surface area contributed by atoms with Gasteiger partial charge in [-0.25, -0.2) is 9.18 Å². The quantitative estimate of drug-likeness (QED) is 0.637. The van der Waals surface area contributed by atoms with Gasteiger partial charge in [0.1, 0.15) is 11.5 Å². The number of hydrogen-bond acceptors (Lipinski definition) is 4. The van der Waals surface area contributed by atoms with Crippen LogP contribution in [0.1, 0.15) is 39.0 Å². The maximum Gasteiger partial charge on any atom is 0.354 e. The van der Waals surface area contributed by atoms with Crippen LogP contribution in [0.2, 0.25) is 0 Å². The second-order valence-electron chi connectivity index (χ2n) is 6.58. The van der Waals surface area contributed by atoms with Gasteiger partial charge in [-0.2, -0.15) is 0 Å². The maximum absolute atomic E-state index is 13.9. The molecule has 3 aromatic rings. The van der Waals surface area contributed by atoms with E-state index in [4.69, 9.17) is 4.74 Å². The molecule has 0 saturated carbocycles. The van der Waals surface area contributed by atoms with Crippen molar-refractivity contribution in [1.82, 2.24) is 9.47 Å². The Morgan fingerprint density at radius 2 is 1.96 bits per heavy atom. The Balaban J connectivity index is 1.47. The largest absolute Gasteiger partial charge is 0.464 e. The van der Waals surface area contributed by atoms with Crippen molar-refractivity contribution in [3.8, 4) is 0 Å². The van der Waals surface area contributed by atoms with E-state index in [1.807, 2.05) is 22.9 Å². The smallest absolute Gasteiger partial charge is 0.354 e. The molecule has 1 fully saturated rings. The Morgan fingerprint density at radius 1 is 1.19 bits per heavy atom. The molecule has 1 aliphatic heterocycles. The molecule has 0 unspecified atom stereocenters. The number of piperidine rings is 1. The second kappa shape index (κ2) is 7.15. The first-order chi connectivity index (χ1) is 13.1. The summed E-state index contributed by atoms with van der Waals surface area (Å²) < 4.78 is 21.4. The third kappa shape index (κ3) is 3.23. The lowest BCUT2D eigenvalue weighted by Gasteiger charge is -2.33. The summed E-state index contributed by atoms with van der Waals surface area (Å²) in [7, 11) is 1.37. The van der Waals surface area contributed by atoms with Crippen molar-refractivity contribution in [3.05, 3.63) is 59.0 Å². The van der Waals surface area contributed by atoms with Gasteiger partial charge in [0.15, 0.2) is 0 Å². The van der Waals surface area contributed by atoms with Gasteiger partial charge in [-0.3, -0.25) is 4.79 Å². The zero-order valence-electron chi connectivity index (χ0n) is 14.9. The van der Waals surface area contributed by atoms with Crippen LogP contribution in [0.5, 0.6) is 0 Å². The van der Waals surface area contributed by atoms with Crippen LogP contribution in [-0.4, -0.2) is 41.5 Å². The number of esters is 1. The highest BCUT2D eigenvalue weighted by Gasteiger charge is 2.27. The summed E-state index contributed by atoms with van der Waals surface area (Å²) in [5.74, 6) is -0.718. The monoisotopic (exact) mass is 386 g/mol. The van der Waals surface area contributed by atoms with Crippen LogP contribution in [0.4, 0.5) is 4.39 Å². The number of carbonyl (C=O) groups is 2. The molecule has 1 aliphatic rings. The average Bonchev–Trinajstić information content (AvgIpc) is 3.35. The van der Waals surface area contributed by atoms with Crippen molar-refractivity contribution >= 4 is 33.3 Å². The fourth-order valence-corrected chi connectivity index (χ4v) is 4.67. The van der Waals surface area contributed by atoms with Gasteiger partial charge in [0, 0.05) is 35.4 Å². The number of fused-ring (bicyclic) bond motifs is 1. The summed E-state index contributed by atoms with van der Waals surface area (Å²) in [6.07, 6.45) is 3.39. The fraction of sp³-hybridized carbons (Fsp3) is 0.300. The summed E-state index contributed by atoms with van der Waals surface area (Å²) in [6.45, 7) is 1.19. The summed E-state index contributed by atoms with van der Waals surface area (Å²) in [4.78, 5) is 27.1. The van der Waals surface area contributed by atoms with Crippen molar-refractivity contribution < 1.29 is 18.7 Å². The third-order valence-electron chi connectivity index (χ3n) is 5.04. The predicted molar refractivity (Wildman–Crippen MR) is 102 cm³/mol. The van der Waals surface area contributed by atoms with Gasteiger partial charge in [0.25, 0.3) is 5.91 Å². The normalized spacial score (nSPS) is 15.3. The summed E-state index contributed by atoms with van der Waals surface area (Å²) in [5.41, 5.74) is 0.530. The number of ether oxygens (including phenoxy) is 1. The van der Waals surface area contributed by atoms with Crippen LogP contribution >= 0.6 is 11.3 Å². The zero-order valence-corrected chi connectivity index (χ0v) is 15.7. The van der Waals surface area contributed by atoms with Crippen molar-refractivity contribution in [2.75, 3.05) is 20.2 Å². The van der Waals surface area contributed by atoms with Crippen molar-refractivity contribution in [2.45, 2.75) is 18.9 Å². The number of methoxy groups -OCH3 is 1. The van der Waals surface area contributed by atoms with Gasteiger partial charge in [-0.15, -0.1) is 11.3 Å². The zero-order chi connectivity index (χ0) is 19.0. The Labute approximate surface area is 160 Å². The van der Waals surface area contributed by atoms with E-state index in [1.165, 1.54) is 24.5 Å². The molecule has 7 heteroatoms. The topological polar surface area (TPSA) is 51.5 Å². The van der Waals surface area contributed by atoms with Crippen molar-refractivity contribution in [1.29, 1.82) is 0 Å². The van der Waals surface area contributed by atoms with Crippen LogP contribution in [0, 0.1) is 5.82 Å². The Hall–Kier alpha value is -2.67. The van der Waals surface area contributed by atoms with E-state index in [0.717, 1.165) is 17.5 Å². The van der Waals surface area contributed by atoms with E-state index >= 15 is 0 Å². The number of benzene rings is 1. The number of rotatable bonds is 3. The molecular formula is C20H19FN2O3S. The summed E-state index contributed by atoms with van der Waals surface area (Å²) >= 11 is 1.32. The molecular weight excluding hydrogens is 367 g/mol. The predicted octanol–water partition coefficient (Wildman–Crippen LogP) is 4.11. The van der Waals surface area contributed by atoms with Crippen molar-refractivity contribution in [3.63, 3.8) is 0 Å². The minimum atomic E-state index is -0.356. The standard InChI is InChI=1S/C20H19FN2O3S/c1-26-20(25)16-5-3-9-23(16)13-7-10-22(11-8-13)19(24)18-12-14-15(21)4-2-6-17(14)27-18/h2-6,9,12-13H,7-8,10-11H2,1H3. The highest BCUT2D eigenvalue weighted by molar-refractivity contribution is 7.20. The van der Waals surface area contributed by atoms with E-state index in [9.17, 15) is 14.0 Å². The summed E-state index contributed by atoms with van der Waals surface area (Å²) in [6, 6.07) is 10.3. The minimum Gasteiger partial charge on any atom is -0.464 e. The number of thiophene rings is 1. The average molecular weight is 386 g/mol. The van der Waals surface area contributed by atoms with E-state index in [0.29, 0.717) is 29.0 Å². The molecule has 0 N–H and O–H groups in total. The van der Waals surface area contributed by atoms with Gasteiger partial charge in [-0.1, -0.05) is 6.07 Å². The van der Waals surface area contributed by atoms with Crippen LogP contribution in [0.3, 0.4) is 0 Å². The minimum absolute atomic E-state index is 0.0604. The molecule has 27 heavy (non-hydrogen) atoms. The molecule has 1 aromatic carbocycles. The number of carbonyl (C=O) groups excluding carboxylic acids is 2. The molecule has 4 rings (SSSR count). The molecule has 1 amide bonds. The Kier molecular flexibility index (Phi) is 4.70. The lowest BCUT2D eigenvalue weighted by molar-refractivity contribution is 0.0573. The van der Waals surface area contributed by atoms with E-state index < -0.39 is 0 Å². The molecule has 0 spiro atoms. The number of nitrogens with zero attached hydrogens (tertiary/aromatic N) is 2. The van der Waals surface area contributed by atoms with Gasteiger partial charge < -0.3 is 14.2 Å². The highest BCUT2D eigenvalue weighted by atomic mass is 32.1. The molecule has 2 aromatic heterocycles. The number of aromatic nitrogens is 1. The maximum atomic E-state index is 13.9. The van der Waals surface area contributed by atoms with Gasteiger partial charge >= 0.3 is 5.97 Å². The van der Waals surface area contributed by atoms with E-state index in [2.05, 4.69) is 0 Å². The number of likely N-dealkylation sites (tertiary alicyclic amines) is 1. The number of amides is 1. The fourth-order valence-electron chi connectivity index (χ4n) is 3.62. The molecule has 3 heterocycles. The van der Waals surface area contributed by atoms with Crippen LogP contribution < -0.4 is 0 Å². The lowest BCUT2D eigenvalue weighted by Crippen LogP contribution is -2.39. The van der Waals surface area contributed by atoms with Crippen LogP contribution in [0.25, 0.3) is 10.1 Å². The SMILES string of the molecule is COC(=O)c1cccn1C1CCN(C(=O)c2cc3c(F)cccc3s2)CC1. The molecule has 140 valence electrons. The van der Waals surface area contributed by atoms with E-state index in [1.54, 1.807) is 23.1 Å². The number of hydrogen-bond donors (Lipinski definition) is 0. The van der Waals surface area contributed by atoms with Crippen LogP contribution in [-0.2, 0) is 4.74 Å². The second-order valence-corrected chi connectivity index (χ2v) is 7.66. The van der Waals surface area contributed by atoms with Gasteiger partial charge in [-0.05, 0) is 43.2 Å². The third-order valence-corrected chi connectivity index (χ3v) is 6.13. The molecule has 5 nitrogen and oxygen atoms in total. The van der Waals surface area contributed by atoms with Crippen LogP contribution in [0.15, 0.2) is 42.6 Å². The van der Waals surface area contributed by atoms with Gasteiger partial charge in [0.05, 0.1) is 12.0 Å². The van der Waals surface area contributed by atoms with E-state index in [-0.39, 0.29) is 23.7 Å². The Bertz CT molecular complexity index is 1000. The highest BCUT2D eigenvalue weighted by Crippen LogP contribution is 2.31. The first kappa shape index (κ1) is 17.7. The first-order valence-electron chi connectivity index (χ1n) is 8.81. The van der Waals surface area contributed by atoms with Gasteiger partial charge in [0.2, 0.25) is 0 Å². The molecule has 0 atom stereocenters. The first-order valence-corrected chi connectivity index (χ1v) is 9.62. The van der Waals surface area contributed by atoms with Crippen molar-refractivity contribution in [2.24, 2.45) is 0 Å². The lowest BCUT2D eigenvalue weighted by atomic mass is 10.0. The molecule has 0 radical (unpaired) electrons. The Morgan fingerprint density at radius 3 is 2.67 bits per heavy atom. The molecule has 1 saturated heterocycles. The molecule has 0 aliphatic carbocycles. The number of halogens is 1.